The van der Waals surface area contributed by atoms with E-state index in [-0.39, 0.29) is 18.7 Å². The Morgan fingerprint density at radius 1 is 0.795 bits per heavy atom. The van der Waals surface area contributed by atoms with E-state index in [1.54, 1.807) is 4.74 Å². The minimum absolute atomic E-state index is 0.295. The highest BCUT2D eigenvalue weighted by atomic mass is 19.4. The molecule has 0 aliphatic carbocycles. The zero-order valence-corrected chi connectivity index (χ0v) is 18.5. The van der Waals surface area contributed by atoms with Gasteiger partial charge in [0.05, 0.1) is 13.2 Å². The Balaban J connectivity index is 3.16. The summed E-state index contributed by atoms with van der Waals surface area (Å²) in [6, 6.07) is -4.71. The Labute approximate surface area is 207 Å². The lowest BCUT2D eigenvalue weighted by atomic mass is 10.2. The van der Waals surface area contributed by atoms with Gasteiger partial charge in [0.1, 0.15) is 5.75 Å². The predicted molar refractivity (Wildman–Crippen MR) is 95.0 cm³/mol. The molecule has 0 spiro atoms. The van der Waals surface area contributed by atoms with Crippen molar-refractivity contribution < 1.29 is 90.7 Å². The van der Waals surface area contributed by atoms with Gasteiger partial charge in [-0.3, -0.25) is 9.53 Å². The summed E-state index contributed by atoms with van der Waals surface area (Å²) < 4.78 is 190. The first-order valence-corrected chi connectivity index (χ1v) is 9.73. The second-order valence-corrected chi connectivity index (χ2v) is 7.09. The quantitative estimate of drug-likeness (QED) is 0.256. The Bertz CT molecular complexity index is 949. The average molecular weight is 607 g/mol. The van der Waals surface area contributed by atoms with Gasteiger partial charge in [-0.05, 0) is 24.3 Å². The topological polar surface area (TPSA) is 88.5 Å². The van der Waals surface area contributed by atoms with Crippen molar-refractivity contribution in [2.75, 3.05) is 26.3 Å². The fraction of sp³-hybridized carbons (Fsp3) is 0.611. The standard InChI is InChI=1S/C18H15F14NO6/c19-12(38-18(32,16(27,28)29)39-17(30,31)14(22,23)15(24,25)26)13(20,21)37-10-3-1-9(2-4-10)11(36)33(5-7-34)6-8-35/h1-4,12,34-35H,5-8H2. The molecule has 2 N–H and O–H groups in total. The van der Waals surface area contributed by atoms with Crippen LogP contribution in [0.4, 0.5) is 61.5 Å². The van der Waals surface area contributed by atoms with Gasteiger partial charge in [0.2, 0.25) is 0 Å². The van der Waals surface area contributed by atoms with E-state index in [9.17, 15) is 66.3 Å². The van der Waals surface area contributed by atoms with Gasteiger partial charge in [0.25, 0.3) is 5.91 Å². The third-order valence-electron chi connectivity index (χ3n) is 4.22. The van der Waals surface area contributed by atoms with Crippen LogP contribution in [0.3, 0.4) is 0 Å². The number of benzene rings is 1. The van der Waals surface area contributed by atoms with Gasteiger partial charge in [-0.1, -0.05) is 0 Å². The number of aliphatic hydroxyl groups is 2. The number of nitrogens with zero attached hydrogens (tertiary/aromatic N) is 1. The van der Waals surface area contributed by atoms with Crippen molar-refractivity contribution in [3.05, 3.63) is 29.8 Å². The molecule has 0 saturated carbocycles. The summed E-state index contributed by atoms with van der Waals surface area (Å²) in [6.07, 6.45) is -33.0. The Hall–Kier alpha value is -2.65. The van der Waals surface area contributed by atoms with Gasteiger partial charge in [-0.2, -0.15) is 57.1 Å². The van der Waals surface area contributed by atoms with Gasteiger partial charge >= 0.3 is 42.9 Å². The highest BCUT2D eigenvalue weighted by Gasteiger charge is 2.79. The molecule has 0 aliphatic heterocycles. The van der Waals surface area contributed by atoms with Crippen LogP contribution >= 0.6 is 0 Å². The maximum atomic E-state index is 13.9. The van der Waals surface area contributed by atoms with E-state index in [1.165, 1.54) is 0 Å². The minimum atomic E-state index is -7.54. The van der Waals surface area contributed by atoms with E-state index in [4.69, 9.17) is 10.2 Å². The second kappa shape index (κ2) is 11.8. The first-order valence-electron chi connectivity index (χ1n) is 9.73. The van der Waals surface area contributed by atoms with Crippen molar-refractivity contribution in [1.29, 1.82) is 0 Å². The van der Waals surface area contributed by atoms with Crippen molar-refractivity contribution in [2.24, 2.45) is 0 Å². The maximum Gasteiger partial charge on any atom is 0.478 e. The summed E-state index contributed by atoms with van der Waals surface area (Å²) in [6.45, 7) is -1.71. The van der Waals surface area contributed by atoms with Crippen LogP contribution in [0.2, 0.25) is 0 Å². The van der Waals surface area contributed by atoms with Crippen molar-refractivity contribution in [3.63, 3.8) is 0 Å². The molecular weight excluding hydrogens is 592 g/mol. The van der Waals surface area contributed by atoms with Crippen LogP contribution in [0.15, 0.2) is 24.3 Å². The van der Waals surface area contributed by atoms with Crippen LogP contribution < -0.4 is 4.74 Å². The fourth-order valence-electron chi connectivity index (χ4n) is 2.35. The Morgan fingerprint density at radius 3 is 1.64 bits per heavy atom. The van der Waals surface area contributed by atoms with Crippen molar-refractivity contribution in [3.8, 4) is 5.75 Å². The van der Waals surface area contributed by atoms with Gasteiger partial charge in [-0.15, -0.1) is 0 Å². The third-order valence-corrected chi connectivity index (χ3v) is 4.22. The van der Waals surface area contributed by atoms with Crippen LogP contribution in [0.1, 0.15) is 10.4 Å². The summed E-state index contributed by atoms with van der Waals surface area (Å²) in [5.74, 6) is -9.64. The van der Waals surface area contributed by atoms with E-state index in [0.717, 1.165) is 4.90 Å². The number of amides is 1. The van der Waals surface area contributed by atoms with Crippen molar-refractivity contribution in [1.82, 2.24) is 4.90 Å². The molecule has 0 bridgehead atoms. The van der Waals surface area contributed by atoms with Gasteiger partial charge < -0.3 is 19.8 Å². The average Bonchev–Trinajstić information content (AvgIpc) is 2.76. The van der Waals surface area contributed by atoms with Crippen LogP contribution in [-0.2, 0) is 9.47 Å². The molecule has 0 aromatic heterocycles. The van der Waals surface area contributed by atoms with Crippen molar-refractivity contribution in [2.45, 2.75) is 42.9 Å². The number of hydrogen-bond donors (Lipinski definition) is 2. The molecule has 39 heavy (non-hydrogen) atoms. The summed E-state index contributed by atoms with van der Waals surface area (Å²) in [4.78, 5) is 13.1. The summed E-state index contributed by atoms with van der Waals surface area (Å²) in [7, 11) is 0. The summed E-state index contributed by atoms with van der Waals surface area (Å²) in [5, 5.41) is 17.8. The van der Waals surface area contributed by atoms with Gasteiger partial charge in [0.15, 0.2) is 0 Å². The molecule has 1 rings (SSSR count). The summed E-state index contributed by atoms with van der Waals surface area (Å²) >= 11 is 0. The molecule has 0 heterocycles. The highest BCUT2D eigenvalue weighted by molar-refractivity contribution is 5.94. The second-order valence-electron chi connectivity index (χ2n) is 7.09. The number of carbonyl (C=O) groups is 1. The highest BCUT2D eigenvalue weighted by Crippen LogP contribution is 2.52. The SMILES string of the molecule is O=C(c1ccc(OC(F)(F)C(F)OC(F)(OC(F)(F)C(F)(F)C(F)(F)F)C(F)(F)F)cc1)N(CCO)CCO. The van der Waals surface area contributed by atoms with E-state index in [2.05, 4.69) is 9.47 Å². The van der Waals surface area contributed by atoms with Gasteiger partial charge in [0, 0.05) is 18.7 Å². The number of alkyl halides is 14. The molecular formula is C18H15F14NO6. The molecule has 2 unspecified atom stereocenters. The molecule has 2 atom stereocenters. The number of rotatable bonds is 13. The molecule has 1 aromatic rings. The fourth-order valence-corrected chi connectivity index (χ4v) is 2.35. The minimum Gasteiger partial charge on any atom is -0.429 e. The smallest absolute Gasteiger partial charge is 0.429 e. The van der Waals surface area contributed by atoms with Crippen LogP contribution in [0.5, 0.6) is 5.75 Å². The maximum absolute atomic E-state index is 13.9. The number of aliphatic hydroxyl groups excluding tert-OH is 2. The lowest BCUT2D eigenvalue weighted by Gasteiger charge is -2.35. The first kappa shape index (κ1) is 34.4. The van der Waals surface area contributed by atoms with Gasteiger partial charge in [-0.25, -0.2) is 9.13 Å². The molecule has 0 fully saturated rings. The third kappa shape index (κ3) is 7.94. The number of halogens is 14. The summed E-state index contributed by atoms with van der Waals surface area (Å²) in [5.41, 5.74) is -0.332. The van der Waals surface area contributed by atoms with Crippen LogP contribution in [-0.4, -0.2) is 90.2 Å². The molecule has 0 saturated heterocycles. The monoisotopic (exact) mass is 607 g/mol. The first-order chi connectivity index (χ1) is 17.5. The van der Waals surface area contributed by atoms with E-state index < -0.39 is 67.8 Å². The molecule has 226 valence electrons. The lowest BCUT2D eigenvalue weighted by molar-refractivity contribution is -0.549. The van der Waals surface area contributed by atoms with Crippen LogP contribution in [0, 0.1) is 0 Å². The Morgan fingerprint density at radius 2 is 1.26 bits per heavy atom. The molecule has 21 heteroatoms. The van der Waals surface area contributed by atoms with Crippen LogP contribution in [0.25, 0.3) is 0 Å². The van der Waals surface area contributed by atoms with E-state index in [0.29, 0.717) is 24.3 Å². The largest absolute Gasteiger partial charge is 0.478 e. The molecule has 1 amide bonds. The molecule has 7 nitrogen and oxygen atoms in total. The zero-order chi connectivity index (χ0) is 30.7. The van der Waals surface area contributed by atoms with E-state index in [1.807, 2.05) is 0 Å². The Kier molecular flexibility index (Phi) is 10.4. The molecule has 0 aliphatic rings. The van der Waals surface area contributed by atoms with E-state index >= 15 is 0 Å². The predicted octanol–water partition coefficient (Wildman–Crippen LogP) is 4.39. The normalized spacial score (nSPS) is 16.0. The number of carbonyl (C=O) groups excluding carboxylic acids is 1. The molecule has 0 radical (unpaired) electrons. The zero-order valence-electron chi connectivity index (χ0n) is 18.5. The number of hydrogen-bond acceptors (Lipinski definition) is 6. The molecule has 1 aromatic carbocycles. The van der Waals surface area contributed by atoms with Crippen molar-refractivity contribution >= 4 is 5.91 Å². The lowest BCUT2D eigenvalue weighted by Crippen LogP contribution is -2.61. The number of ether oxygens (including phenoxy) is 3.